The van der Waals surface area contributed by atoms with Crippen molar-refractivity contribution < 1.29 is 0 Å². The standard InChI is InChI=1S/C14H23N7/c1-10(13-18-17-12-6-5-7-21(12)13)15-8-11-9-16-14(19(2)3)20(11)4/h9-10,15H,5-8H2,1-4H3. The summed E-state index contributed by atoms with van der Waals surface area (Å²) in [5, 5.41) is 12.1. The zero-order valence-corrected chi connectivity index (χ0v) is 13.2. The van der Waals surface area contributed by atoms with Crippen LogP contribution in [0.1, 0.15) is 36.7 Å². The summed E-state index contributed by atoms with van der Waals surface area (Å²) in [6.07, 6.45) is 4.15. The highest BCUT2D eigenvalue weighted by Gasteiger charge is 2.21. The van der Waals surface area contributed by atoms with Crippen LogP contribution in [0.5, 0.6) is 0 Å². The molecule has 1 unspecified atom stereocenters. The molecular weight excluding hydrogens is 266 g/mol. The van der Waals surface area contributed by atoms with Crippen LogP contribution in [-0.2, 0) is 26.6 Å². The van der Waals surface area contributed by atoms with Gasteiger partial charge < -0.3 is 19.4 Å². The minimum absolute atomic E-state index is 0.182. The van der Waals surface area contributed by atoms with Crippen LogP contribution in [0.3, 0.4) is 0 Å². The fourth-order valence-corrected chi connectivity index (χ4v) is 2.86. The third-order valence-corrected chi connectivity index (χ3v) is 4.07. The number of anilines is 1. The lowest BCUT2D eigenvalue weighted by Gasteiger charge is -2.15. The van der Waals surface area contributed by atoms with Gasteiger partial charge in [-0.25, -0.2) is 4.98 Å². The van der Waals surface area contributed by atoms with Crippen LogP contribution < -0.4 is 10.2 Å². The number of aromatic nitrogens is 5. The number of hydrogen-bond acceptors (Lipinski definition) is 5. The SMILES string of the molecule is CC(NCc1cnc(N(C)C)n1C)c1nnc2n1CCC2. The summed E-state index contributed by atoms with van der Waals surface area (Å²) < 4.78 is 4.35. The molecule has 0 saturated heterocycles. The summed E-state index contributed by atoms with van der Waals surface area (Å²) in [5.41, 5.74) is 1.16. The van der Waals surface area contributed by atoms with E-state index < -0.39 is 0 Å². The van der Waals surface area contributed by atoms with Crippen molar-refractivity contribution in [2.75, 3.05) is 19.0 Å². The van der Waals surface area contributed by atoms with E-state index in [9.17, 15) is 0 Å². The van der Waals surface area contributed by atoms with Crippen molar-refractivity contribution in [2.45, 2.75) is 38.9 Å². The predicted molar refractivity (Wildman–Crippen MR) is 81.1 cm³/mol. The van der Waals surface area contributed by atoms with Crippen molar-refractivity contribution in [3.05, 3.63) is 23.5 Å². The second-order valence-electron chi connectivity index (χ2n) is 5.84. The minimum Gasteiger partial charge on any atom is -0.348 e. The molecule has 3 heterocycles. The van der Waals surface area contributed by atoms with Crippen LogP contribution in [0.15, 0.2) is 6.20 Å². The van der Waals surface area contributed by atoms with E-state index >= 15 is 0 Å². The molecule has 0 fully saturated rings. The topological polar surface area (TPSA) is 63.8 Å². The zero-order chi connectivity index (χ0) is 15.0. The van der Waals surface area contributed by atoms with Crippen molar-refractivity contribution >= 4 is 5.95 Å². The molecule has 1 atom stereocenters. The number of nitrogens with zero attached hydrogens (tertiary/aromatic N) is 6. The Balaban J connectivity index is 1.67. The third-order valence-electron chi connectivity index (χ3n) is 4.07. The molecule has 21 heavy (non-hydrogen) atoms. The normalized spacial score (nSPS) is 15.2. The Morgan fingerprint density at radius 1 is 1.38 bits per heavy atom. The molecule has 2 aromatic heterocycles. The first kappa shape index (κ1) is 14.1. The van der Waals surface area contributed by atoms with Gasteiger partial charge in [0.25, 0.3) is 0 Å². The Morgan fingerprint density at radius 2 is 2.19 bits per heavy atom. The van der Waals surface area contributed by atoms with E-state index in [4.69, 9.17) is 0 Å². The molecule has 0 spiro atoms. The van der Waals surface area contributed by atoms with Gasteiger partial charge in [0.1, 0.15) is 11.6 Å². The summed E-state index contributed by atoms with van der Waals surface area (Å²) in [7, 11) is 6.04. The first-order valence-electron chi connectivity index (χ1n) is 7.41. The molecule has 3 rings (SSSR count). The Kier molecular flexibility index (Phi) is 3.67. The van der Waals surface area contributed by atoms with E-state index in [1.54, 1.807) is 0 Å². The lowest BCUT2D eigenvalue weighted by molar-refractivity contribution is 0.506. The number of rotatable bonds is 5. The van der Waals surface area contributed by atoms with Gasteiger partial charge in [-0.15, -0.1) is 10.2 Å². The zero-order valence-electron chi connectivity index (χ0n) is 13.2. The molecule has 0 saturated carbocycles. The van der Waals surface area contributed by atoms with Crippen LogP contribution in [0, 0.1) is 0 Å². The van der Waals surface area contributed by atoms with Crippen molar-refractivity contribution in [1.82, 2.24) is 29.6 Å². The predicted octanol–water partition coefficient (Wildman–Crippen LogP) is 0.875. The molecule has 0 aromatic carbocycles. The highest BCUT2D eigenvalue weighted by atomic mass is 15.3. The van der Waals surface area contributed by atoms with Gasteiger partial charge in [-0.1, -0.05) is 0 Å². The molecule has 0 aliphatic carbocycles. The van der Waals surface area contributed by atoms with Crippen LogP contribution in [0.4, 0.5) is 5.95 Å². The Bertz CT molecular complexity index is 625. The average Bonchev–Trinajstić information content (AvgIpc) is 3.10. The molecule has 0 amide bonds. The fraction of sp³-hybridized carbons (Fsp3) is 0.643. The average molecular weight is 289 g/mol. The van der Waals surface area contributed by atoms with Gasteiger partial charge in [-0.2, -0.15) is 0 Å². The monoisotopic (exact) mass is 289 g/mol. The van der Waals surface area contributed by atoms with E-state index in [0.717, 1.165) is 42.8 Å². The Hall–Kier alpha value is -1.89. The molecule has 2 aromatic rings. The van der Waals surface area contributed by atoms with Crippen molar-refractivity contribution in [3.63, 3.8) is 0 Å². The van der Waals surface area contributed by atoms with Crippen LogP contribution in [0.2, 0.25) is 0 Å². The van der Waals surface area contributed by atoms with E-state index in [2.05, 4.69) is 36.6 Å². The number of fused-ring (bicyclic) bond motifs is 1. The van der Waals surface area contributed by atoms with Gasteiger partial charge in [0, 0.05) is 40.7 Å². The Morgan fingerprint density at radius 3 is 2.90 bits per heavy atom. The molecule has 1 N–H and O–H groups in total. The third kappa shape index (κ3) is 2.53. The van der Waals surface area contributed by atoms with Gasteiger partial charge in [-0.05, 0) is 13.3 Å². The van der Waals surface area contributed by atoms with E-state index in [-0.39, 0.29) is 6.04 Å². The molecule has 7 nitrogen and oxygen atoms in total. The van der Waals surface area contributed by atoms with Crippen LogP contribution in [-0.4, -0.2) is 38.4 Å². The highest BCUT2D eigenvalue weighted by molar-refractivity contribution is 5.30. The number of aryl methyl sites for hydroxylation is 1. The van der Waals surface area contributed by atoms with Gasteiger partial charge >= 0.3 is 0 Å². The number of nitrogens with one attached hydrogen (secondary N) is 1. The Labute approximate surface area is 125 Å². The molecule has 0 radical (unpaired) electrons. The van der Waals surface area contributed by atoms with Gasteiger partial charge in [0.05, 0.1) is 17.9 Å². The lowest BCUT2D eigenvalue weighted by atomic mass is 10.3. The number of imidazole rings is 1. The second-order valence-corrected chi connectivity index (χ2v) is 5.84. The van der Waals surface area contributed by atoms with Gasteiger partial charge in [0.2, 0.25) is 5.95 Å². The molecule has 1 aliphatic heterocycles. The summed E-state index contributed by atoms with van der Waals surface area (Å²) in [4.78, 5) is 6.44. The summed E-state index contributed by atoms with van der Waals surface area (Å²) in [6.45, 7) is 3.94. The maximum absolute atomic E-state index is 4.43. The quantitative estimate of drug-likeness (QED) is 0.885. The first-order chi connectivity index (χ1) is 10.1. The highest BCUT2D eigenvalue weighted by Crippen LogP contribution is 2.19. The molecule has 0 bridgehead atoms. The lowest BCUT2D eigenvalue weighted by Crippen LogP contribution is -2.23. The molecule has 114 valence electrons. The fourth-order valence-electron chi connectivity index (χ4n) is 2.86. The second kappa shape index (κ2) is 5.48. The van der Waals surface area contributed by atoms with Gasteiger partial charge in [-0.3, -0.25) is 0 Å². The summed E-state index contributed by atoms with van der Waals surface area (Å²) >= 11 is 0. The van der Waals surface area contributed by atoms with Crippen molar-refractivity contribution in [2.24, 2.45) is 7.05 Å². The maximum Gasteiger partial charge on any atom is 0.204 e. The van der Waals surface area contributed by atoms with Gasteiger partial charge in [0.15, 0.2) is 0 Å². The van der Waals surface area contributed by atoms with Crippen molar-refractivity contribution in [1.29, 1.82) is 0 Å². The number of hydrogen-bond donors (Lipinski definition) is 1. The van der Waals surface area contributed by atoms with E-state index in [1.165, 1.54) is 6.42 Å². The van der Waals surface area contributed by atoms with Crippen LogP contribution in [0.25, 0.3) is 0 Å². The minimum atomic E-state index is 0.182. The smallest absolute Gasteiger partial charge is 0.204 e. The van der Waals surface area contributed by atoms with E-state index in [1.807, 2.05) is 32.2 Å². The molecule has 1 aliphatic rings. The van der Waals surface area contributed by atoms with E-state index in [0.29, 0.717) is 0 Å². The maximum atomic E-state index is 4.43. The van der Waals surface area contributed by atoms with Crippen LogP contribution >= 0.6 is 0 Å². The largest absolute Gasteiger partial charge is 0.348 e. The summed E-state index contributed by atoms with van der Waals surface area (Å²) in [6, 6.07) is 0.182. The molecule has 7 heteroatoms. The summed E-state index contributed by atoms with van der Waals surface area (Å²) in [5.74, 6) is 3.12. The molecular formula is C14H23N7. The first-order valence-corrected chi connectivity index (χ1v) is 7.41. The van der Waals surface area contributed by atoms with Crippen molar-refractivity contribution in [3.8, 4) is 0 Å².